The van der Waals surface area contributed by atoms with Gasteiger partial charge in [-0.25, -0.2) is 4.79 Å². The fourth-order valence-corrected chi connectivity index (χ4v) is 0.434. The molecule has 0 aliphatic carbocycles. The van der Waals surface area contributed by atoms with Crippen LogP contribution in [0.2, 0.25) is 0 Å². The first-order valence-corrected chi connectivity index (χ1v) is 3.38. The van der Waals surface area contributed by atoms with Crippen LogP contribution in [0.1, 0.15) is 6.92 Å². The Kier molecular flexibility index (Phi) is 5.99. The van der Waals surface area contributed by atoms with Gasteiger partial charge in [0.25, 0.3) is 0 Å². The Balaban J connectivity index is 3.40. The van der Waals surface area contributed by atoms with Crippen molar-refractivity contribution in [1.82, 2.24) is 0 Å². The summed E-state index contributed by atoms with van der Waals surface area (Å²) in [7, 11) is 0. The maximum atomic E-state index is 10.5. The highest BCUT2D eigenvalue weighted by Gasteiger charge is 1.88. The van der Waals surface area contributed by atoms with Gasteiger partial charge in [-0.3, -0.25) is 0 Å². The van der Waals surface area contributed by atoms with E-state index in [-0.39, 0.29) is 0 Å². The number of allylic oxidation sites excluding steroid dienone is 3. The average molecular weight is 152 g/mol. The molecule has 0 spiro atoms. The molecule has 0 atom stereocenters. The summed E-state index contributed by atoms with van der Waals surface area (Å²) in [6.45, 7) is 5.48. The molecule has 0 aromatic rings. The number of rotatable bonds is 4. The highest BCUT2D eigenvalue weighted by atomic mass is 16.5. The van der Waals surface area contributed by atoms with Gasteiger partial charge >= 0.3 is 5.97 Å². The second kappa shape index (κ2) is 6.81. The molecule has 0 bridgehead atoms. The minimum Gasteiger partial charge on any atom is -0.458 e. The summed E-state index contributed by atoms with van der Waals surface area (Å²) in [5.41, 5.74) is 0. The first kappa shape index (κ1) is 9.69. The van der Waals surface area contributed by atoms with Crippen molar-refractivity contribution in [3.63, 3.8) is 0 Å². The Morgan fingerprint density at radius 2 is 2.27 bits per heavy atom. The lowest BCUT2D eigenvalue weighted by atomic mass is 10.4. The zero-order valence-corrected chi connectivity index (χ0v) is 6.62. The van der Waals surface area contributed by atoms with E-state index < -0.39 is 5.97 Å². The molecule has 0 N–H and O–H groups in total. The summed E-state index contributed by atoms with van der Waals surface area (Å²) in [5.74, 6) is -0.393. The molecule has 2 nitrogen and oxygen atoms in total. The monoisotopic (exact) mass is 152 g/mol. The van der Waals surface area contributed by atoms with E-state index in [0.717, 1.165) is 6.08 Å². The molecule has 0 fully saturated rings. The first-order chi connectivity index (χ1) is 5.31. The van der Waals surface area contributed by atoms with Crippen molar-refractivity contribution in [3.8, 4) is 0 Å². The van der Waals surface area contributed by atoms with Crippen molar-refractivity contribution in [2.24, 2.45) is 0 Å². The van der Waals surface area contributed by atoms with E-state index >= 15 is 0 Å². The van der Waals surface area contributed by atoms with Crippen LogP contribution in [0.25, 0.3) is 0 Å². The van der Waals surface area contributed by atoms with Gasteiger partial charge in [0, 0.05) is 6.08 Å². The fraction of sp³-hybridized carbons (Fsp3) is 0.222. The van der Waals surface area contributed by atoms with E-state index in [4.69, 9.17) is 0 Å². The Bertz CT molecular complexity index is 178. The molecule has 0 saturated heterocycles. The number of hydrogen-bond donors (Lipinski definition) is 0. The summed E-state index contributed by atoms with van der Waals surface area (Å²) >= 11 is 0. The highest BCUT2D eigenvalue weighted by Crippen LogP contribution is 1.81. The van der Waals surface area contributed by atoms with Crippen LogP contribution in [0.15, 0.2) is 37.0 Å². The van der Waals surface area contributed by atoms with Gasteiger partial charge in [-0.2, -0.15) is 0 Å². The third kappa shape index (κ3) is 6.58. The van der Waals surface area contributed by atoms with Gasteiger partial charge < -0.3 is 4.74 Å². The van der Waals surface area contributed by atoms with E-state index in [1.165, 1.54) is 0 Å². The molecule has 0 heterocycles. The lowest BCUT2D eigenvalue weighted by Crippen LogP contribution is -1.98. The Morgan fingerprint density at radius 3 is 2.82 bits per heavy atom. The number of carbonyl (C=O) groups is 1. The van der Waals surface area contributed by atoms with Crippen LogP contribution in [-0.4, -0.2) is 12.6 Å². The van der Waals surface area contributed by atoms with Gasteiger partial charge in [-0.05, 0) is 13.0 Å². The minimum atomic E-state index is -0.393. The Morgan fingerprint density at radius 1 is 1.55 bits per heavy atom. The zero-order chi connectivity index (χ0) is 8.53. The molecular weight excluding hydrogens is 140 g/mol. The van der Waals surface area contributed by atoms with E-state index in [0.29, 0.717) is 6.61 Å². The smallest absolute Gasteiger partial charge is 0.330 e. The highest BCUT2D eigenvalue weighted by molar-refractivity contribution is 5.81. The zero-order valence-electron chi connectivity index (χ0n) is 6.62. The normalized spacial score (nSPS) is 10.6. The van der Waals surface area contributed by atoms with Crippen LogP contribution in [0, 0.1) is 0 Å². The summed E-state index contributed by atoms with van der Waals surface area (Å²) in [6.07, 6.45) is 8.47. The Labute approximate surface area is 66.9 Å². The quantitative estimate of drug-likeness (QED) is 0.349. The predicted octanol–water partition coefficient (Wildman–Crippen LogP) is 1.85. The van der Waals surface area contributed by atoms with Crippen molar-refractivity contribution in [1.29, 1.82) is 0 Å². The van der Waals surface area contributed by atoms with Crippen molar-refractivity contribution in [2.45, 2.75) is 6.92 Å². The first-order valence-electron chi connectivity index (χ1n) is 3.38. The van der Waals surface area contributed by atoms with E-state index in [2.05, 4.69) is 11.3 Å². The van der Waals surface area contributed by atoms with Gasteiger partial charge in [-0.1, -0.05) is 24.8 Å². The molecule has 0 aromatic heterocycles. The van der Waals surface area contributed by atoms with Crippen LogP contribution in [0.4, 0.5) is 0 Å². The van der Waals surface area contributed by atoms with Gasteiger partial charge in [0.2, 0.25) is 0 Å². The average Bonchev–Trinajstić information content (AvgIpc) is 2.04. The van der Waals surface area contributed by atoms with E-state index in [1.54, 1.807) is 6.08 Å². The number of esters is 1. The molecule has 0 saturated carbocycles. The van der Waals surface area contributed by atoms with Crippen molar-refractivity contribution < 1.29 is 9.53 Å². The third-order valence-electron chi connectivity index (χ3n) is 0.928. The molecule has 60 valence electrons. The van der Waals surface area contributed by atoms with Crippen molar-refractivity contribution >= 4 is 5.97 Å². The molecular formula is C9H12O2. The predicted molar refractivity (Wildman–Crippen MR) is 45.1 cm³/mol. The molecule has 11 heavy (non-hydrogen) atoms. The van der Waals surface area contributed by atoms with Crippen LogP contribution < -0.4 is 0 Å². The van der Waals surface area contributed by atoms with Crippen LogP contribution in [0.5, 0.6) is 0 Å². The summed E-state index contributed by atoms with van der Waals surface area (Å²) in [5, 5.41) is 0. The molecule has 0 amide bonds. The second-order valence-corrected chi connectivity index (χ2v) is 1.79. The molecule has 2 heteroatoms. The van der Waals surface area contributed by atoms with Crippen LogP contribution in [-0.2, 0) is 9.53 Å². The lowest BCUT2D eigenvalue weighted by molar-refractivity contribution is -0.136. The van der Waals surface area contributed by atoms with E-state index in [1.807, 2.05) is 25.2 Å². The molecule has 0 aliphatic heterocycles. The maximum Gasteiger partial charge on any atom is 0.330 e. The van der Waals surface area contributed by atoms with Gasteiger partial charge in [0.1, 0.15) is 6.61 Å². The molecule has 0 unspecified atom stereocenters. The number of carbonyl (C=O) groups excluding carboxylic acids is 1. The number of ether oxygens (including phenoxy) is 1. The SMILES string of the molecule is C=CC(=O)OC/C=C/C=C/C. The summed E-state index contributed by atoms with van der Waals surface area (Å²) in [6, 6.07) is 0. The summed E-state index contributed by atoms with van der Waals surface area (Å²) < 4.78 is 4.66. The minimum absolute atomic E-state index is 0.301. The van der Waals surface area contributed by atoms with Gasteiger partial charge in [-0.15, -0.1) is 0 Å². The van der Waals surface area contributed by atoms with E-state index in [9.17, 15) is 4.79 Å². The largest absolute Gasteiger partial charge is 0.458 e. The lowest BCUT2D eigenvalue weighted by Gasteiger charge is -1.93. The van der Waals surface area contributed by atoms with Crippen LogP contribution in [0.3, 0.4) is 0 Å². The van der Waals surface area contributed by atoms with Crippen molar-refractivity contribution in [2.75, 3.05) is 6.61 Å². The second-order valence-electron chi connectivity index (χ2n) is 1.79. The summed E-state index contributed by atoms with van der Waals surface area (Å²) in [4.78, 5) is 10.5. The molecule has 0 aromatic carbocycles. The van der Waals surface area contributed by atoms with Crippen LogP contribution >= 0.6 is 0 Å². The third-order valence-corrected chi connectivity index (χ3v) is 0.928. The van der Waals surface area contributed by atoms with Crippen molar-refractivity contribution in [3.05, 3.63) is 37.0 Å². The standard InChI is InChI=1S/C9H12O2/c1-3-5-6-7-8-11-9(10)4-2/h3-7H,2,8H2,1H3/b5-3+,7-6+. The molecule has 0 rings (SSSR count). The van der Waals surface area contributed by atoms with Gasteiger partial charge in [0.05, 0.1) is 0 Å². The van der Waals surface area contributed by atoms with Gasteiger partial charge in [0.15, 0.2) is 0 Å². The molecule has 0 aliphatic rings. The number of hydrogen-bond acceptors (Lipinski definition) is 2. The fourth-order valence-electron chi connectivity index (χ4n) is 0.434. The topological polar surface area (TPSA) is 26.3 Å². The Hall–Kier alpha value is -1.31. The molecule has 0 radical (unpaired) electrons. The maximum absolute atomic E-state index is 10.5.